The van der Waals surface area contributed by atoms with E-state index in [1.54, 1.807) is 0 Å². The lowest BCUT2D eigenvalue weighted by Gasteiger charge is -2.08. The zero-order valence-corrected chi connectivity index (χ0v) is 6.00. The zero-order valence-electron chi connectivity index (χ0n) is 6.00. The molecule has 1 nitrogen and oxygen atoms in total. The molecule has 3 aliphatic carbocycles. The average molecular weight is 134 g/mol. The summed E-state index contributed by atoms with van der Waals surface area (Å²) in [4.78, 5) is 11.2. The molecule has 0 heterocycles. The molecule has 52 valence electrons. The van der Waals surface area contributed by atoms with Gasteiger partial charge in [-0.05, 0) is 17.3 Å². The summed E-state index contributed by atoms with van der Waals surface area (Å²) < 4.78 is 0. The summed E-state index contributed by atoms with van der Waals surface area (Å²) in [5, 5.41) is 0. The fraction of sp³-hybridized carbons (Fsp3) is 0.667. The third kappa shape index (κ3) is 0.290. The van der Waals surface area contributed by atoms with Gasteiger partial charge < -0.3 is 0 Å². The number of Topliss-reactive ketones (excluding diaryl/α,β-unsaturated/α-hetero) is 1. The molecule has 0 aromatic heterocycles. The van der Waals surface area contributed by atoms with Gasteiger partial charge in [-0.3, -0.25) is 4.79 Å². The highest BCUT2D eigenvalue weighted by Gasteiger charge is 2.72. The first-order chi connectivity index (χ1) is 4.74. The molecule has 10 heavy (non-hydrogen) atoms. The van der Waals surface area contributed by atoms with Gasteiger partial charge in [0.05, 0.1) is 0 Å². The second-order valence-electron chi connectivity index (χ2n) is 4.03. The molecule has 0 aromatic rings. The second kappa shape index (κ2) is 1.11. The van der Waals surface area contributed by atoms with Crippen LogP contribution < -0.4 is 0 Å². The van der Waals surface area contributed by atoms with Crippen molar-refractivity contribution in [1.29, 1.82) is 0 Å². The van der Waals surface area contributed by atoms with Crippen LogP contribution in [-0.4, -0.2) is 5.78 Å². The Bertz CT molecular complexity index is 249. The van der Waals surface area contributed by atoms with E-state index in [2.05, 4.69) is 19.1 Å². The lowest BCUT2D eigenvalue weighted by Crippen LogP contribution is -2.04. The molecule has 0 amide bonds. The smallest absolute Gasteiger partial charge is 0.137 e. The van der Waals surface area contributed by atoms with Crippen molar-refractivity contribution >= 4 is 5.78 Å². The Morgan fingerprint density at radius 2 is 2.40 bits per heavy atom. The van der Waals surface area contributed by atoms with Crippen molar-refractivity contribution in [3.05, 3.63) is 12.2 Å². The maximum Gasteiger partial charge on any atom is 0.137 e. The van der Waals surface area contributed by atoms with Crippen molar-refractivity contribution in [2.24, 2.45) is 23.2 Å². The normalized spacial score (nSPS) is 61.3. The molecular formula is C9H10O. The van der Waals surface area contributed by atoms with Gasteiger partial charge in [0.1, 0.15) is 5.78 Å². The number of carbonyl (C=O) groups is 1. The van der Waals surface area contributed by atoms with Crippen LogP contribution >= 0.6 is 0 Å². The Morgan fingerprint density at radius 3 is 2.90 bits per heavy atom. The van der Waals surface area contributed by atoms with E-state index in [4.69, 9.17) is 0 Å². The highest BCUT2D eigenvalue weighted by Crippen LogP contribution is 2.73. The third-order valence-electron chi connectivity index (χ3n) is 3.76. The lowest BCUT2D eigenvalue weighted by atomic mass is 9.95. The summed E-state index contributed by atoms with van der Waals surface area (Å²) in [5.41, 5.74) is 0.400. The van der Waals surface area contributed by atoms with Gasteiger partial charge in [0.15, 0.2) is 0 Å². The van der Waals surface area contributed by atoms with Crippen molar-refractivity contribution in [3.63, 3.8) is 0 Å². The molecule has 4 atom stereocenters. The molecule has 1 heteroatoms. The maximum absolute atomic E-state index is 11.2. The van der Waals surface area contributed by atoms with Crippen LogP contribution in [0.2, 0.25) is 0 Å². The molecule has 0 aromatic carbocycles. The van der Waals surface area contributed by atoms with Crippen molar-refractivity contribution in [2.75, 3.05) is 0 Å². The number of hydrogen-bond acceptors (Lipinski definition) is 1. The largest absolute Gasteiger partial charge is 0.299 e. The topological polar surface area (TPSA) is 17.1 Å². The van der Waals surface area contributed by atoms with E-state index in [-0.39, 0.29) is 0 Å². The molecule has 0 radical (unpaired) electrons. The van der Waals surface area contributed by atoms with Crippen LogP contribution in [0.3, 0.4) is 0 Å². The maximum atomic E-state index is 11.2. The van der Waals surface area contributed by atoms with Crippen LogP contribution in [0.1, 0.15) is 13.3 Å². The Balaban J connectivity index is 2.16. The van der Waals surface area contributed by atoms with Gasteiger partial charge in [-0.1, -0.05) is 19.1 Å². The number of ketones is 1. The van der Waals surface area contributed by atoms with E-state index in [0.29, 0.717) is 29.0 Å². The molecule has 0 N–H and O–H groups in total. The van der Waals surface area contributed by atoms with Crippen molar-refractivity contribution in [3.8, 4) is 0 Å². The number of carbonyl (C=O) groups excluding carboxylic acids is 1. The SMILES string of the molecule is CC12C3C=CC1C2C(=O)C3. The number of fused-ring (bicyclic) bond motifs is 1. The molecule has 4 unspecified atom stereocenters. The minimum absolute atomic E-state index is 0.400. The third-order valence-corrected chi connectivity index (χ3v) is 3.76. The summed E-state index contributed by atoms with van der Waals surface area (Å²) in [6, 6.07) is 0. The highest BCUT2D eigenvalue weighted by molar-refractivity contribution is 5.90. The van der Waals surface area contributed by atoms with E-state index in [0.717, 1.165) is 6.42 Å². The molecule has 2 saturated carbocycles. The van der Waals surface area contributed by atoms with Gasteiger partial charge >= 0.3 is 0 Å². The lowest BCUT2D eigenvalue weighted by molar-refractivity contribution is -0.119. The van der Waals surface area contributed by atoms with Crippen LogP contribution in [0.5, 0.6) is 0 Å². The predicted molar refractivity (Wildman–Crippen MR) is 37.3 cm³/mol. The van der Waals surface area contributed by atoms with E-state index in [1.807, 2.05) is 0 Å². The van der Waals surface area contributed by atoms with E-state index in [1.165, 1.54) is 0 Å². The molecule has 0 saturated heterocycles. The standard InChI is InChI=1S/C9H10O/c1-9-5-2-3-6(9)8(9)7(10)4-5/h2-3,5-6,8H,4H2,1H3. The fourth-order valence-corrected chi connectivity index (χ4v) is 3.00. The molecular weight excluding hydrogens is 124 g/mol. The molecule has 2 fully saturated rings. The van der Waals surface area contributed by atoms with E-state index >= 15 is 0 Å². The minimum Gasteiger partial charge on any atom is -0.299 e. The zero-order chi connectivity index (χ0) is 6.93. The van der Waals surface area contributed by atoms with E-state index < -0.39 is 0 Å². The Hall–Kier alpha value is -0.590. The minimum atomic E-state index is 0.400. The van der Waals surface area contributed by atoms with Crippen LogP contribution in [0.25, 0.3) is 0 Å². The first kappa shape index (κ1) is 5.11. The fourth-order valence-electron chi connectivity index (χ4n) is 3.00. The molecule has 3 aliphatic rings. The summed E-state index contributed by atoms with van der Waals surface area (Å²) in [7, 11) is 0. The molecule has 3 rings (SSSR count). The van der Waals surface area contributed by atoms with Crippen LogP contribution in [0.4, 0.5) is 0 Å². The molecule has 0 bridgehead atoms. The van der Waals surface area contributed by atoms with Crippen molar-refractivity contribution in [2.45, 2.75) is 13.3 Å². The first-order valence-corrected chi connectivity index (χ1v) is 3.95. The second-order valence-corrected chi connectivity index (χ2v) is 4.03. The van der Waals surface area contributed by atoms with Gasteiger partial charge in [0, 0.05) is 12.3 Å². The summed E-state index contributed by atoms with van der Waals surface area (Å²) in [5.74, 6) is 2.19. The van der Waals surface area contributed by atoms with E-state index in [9.17, 15) is 4.79 Å². The van der Waals surface area contributed by atoms with Crippen LogP contribution in [0.15, 0.2) is 12.2 Å². The van der Waals surface area contributed by atoms with Crippen molar-refractivity contribution < 1.29 is 4.79 Å². The van der Waals surface area contributed by atoms with Gasteiger partial charge in [-0.25, -0.2) is 0 Å². The Kier molecular flexibility index (Phi) is 0.567. The highest BCUT2D eigenvalue weighted by atomic mass is 16.1. The quantitative estimate of drug-likeness (QED) is 0.458. The summed E-state index contributed by atoms with van der Waals surface area (Å²) in [6.45, 7) is 2.26. The van der Waals surface area contributed by atoms with Crippen LogP contribution in [-0.2, 0) is 4.79 Å². The molecule has 0 aliphatic heterocycles. The number of allylic oxidation sites excluding steroid dienone is 2. The summed E-state index contributed by atoms with van der Waals surface area (Å²) in [6.07, 6.45) is 5.32. The van der Waals surface area contributed by atoms with Gasteiger partial charge in [-0.2, -0.15) is 0 Å². The van der Waals surface area contributed by atoms with Gasteiger partial charge in [-0.15, -0.1) is 0 Å². The van der Waals surface area contributed by atoms with Crippen molar-refractivity contribution in [1.82, 2.24) is 0 Å². The first-order valence-electron chi connectivity index (χ1n) is 3.95. The number of rotatable bonds is 0. The summed E-state index contributed by atoms with van der Waals surface area (Å²) >= 11 is 0. The monoisotopic (exact) mass is 134 g/mol. The molecule has 0 spiro atoms. The predicted octanol–water partition coefficient (Wildman–Crippen LogP) is 1.40. The number of hydrogen-bond donors (Lipinski definition) is 0. The Morgan fingerprint density at radius 1 is 1.60 bits per heavy atom. The van der Waals surface area contributed by atoms with Gasteiger partial charge in [0.25, 0.3) is 0 Å². The average Bonchev–Trinajstić information content (AvgIpc) is 2.34. The Labute approximate surface area is 60.1 Å². The van der Waals surface area contributed by atoms with Crippen LogP contribution in [0, 0.1) is 23.2 Å². The van der Waals surface area contributed by atoms with Gasteiger partial charge in [0.2, 0.25) is 0 Å².